The van der Waals surface area contributed by atoms with Crippen molar-refractivity contribution in [3.63, 3.8) is 0 Å². The lowest BCUT2D eigenvalue weighted by Gasteiger charge is -2.41. The van der Waals surface area contributed by atoms with Gasteiger partial charge in [0.25, 0.3) is 0 Å². The third-order valence-electron chi connectivity index (χ3n) is 7.07. The van der Waals surface area contributed by atoms with Gasteiger partial charge < -0.3 is 25.0 Å². The first-order chi connectivity index (χ1) is 17.8. The van der Waals surface area contributed by atoms with E-state index in [4.69, 9.17) is 37.8 Å². The molecular formula is C25H25Cl2F3N2O6. The van der Waals surface area contributed by atoms with Crippen molar-refractivity contribution in [2.45, 2.75) is 43.2 Å². The Labute approximate surface area is 226 Å². The summed E-state index contributed by atoms with van der Waals surface area (Å²) in [5.41, 5.74) is 1.73. The Bertz CT molecular complexity index is 1220. The van der Waals surface area contributed by atoms with Crippen LogP contribution in [-0.2, 0) is 11.2 Å². The molecule has 3 aliphatic rings. The van der Waals surface area contributed by atoms with E-state index < -0.39 is 24.2 Å². The molecule has 2 atom stereocenters. The molecule has 3 heterocycles. The second kappa shape index (κ2) is 10.8. The van der Waals surface area contributed by atoms with Crippen LogP contribution >= 0.6 is 23.2 Å². The molecule has 3 aliphatic heterocycles. The molecule has 206 valence electrons. The zero-order valence-electron chi connectivity index (χ0n) is 19.9. The van der Waals surface area contributed by atoms with Crippen LogP contribution in [0.4, 0.5) is 18.9 Å². The van der Waals surface area contributed by atoms with Crippen LogP contribution < -0.4 is 9.64 Å². The number of aliphatic hydroxyl groups excluding tert-OH is 1. The Morgan fingerprint density at radius 3 is 2.21 bits per heavy atom. The highest BCUT2D eigenvalue weighted by Crippen LogP contribution is 2.42. The molecule has 1 spiro atoms. The Morgan fingerprint density at radius 2 is 1.61 bits per heavy atom. The maximum absolute atomic E-state index is 11.7. The summed E-state index contributed by atoms with van der Waals surface area (Å²) in [5, 5.41) is 28.6. The van der Waals surface area contributed by atoms with E-state index in [1.165, 1.54) is 6.07 Å². The van der Waals surface area contributed by atoms with Crippen molar-refractivity contribution < 1.29 is 42.8 Å². The molecule has 2 saturated heterocycles. The van der Waals surface area contributed by atoms with Gasteiger partial charge in [-0.05, 0) is 42.0 Å². The summed E-state index contributed by atoms with van der Waals surface area (Å²) in [6, 6.07) is 10.6. The van der Waals surface area contributed by atoms with Crippen LogP contribution in [0.3, 0.4) is 0 Å². The summed E-state index contributed by atoms with van der Waals surface area (Å²) in [4.78, 5) is 24.8. The number of fused-ring (bicyclic) bond motifs is 1. The van der Waals surface area contributed by atoms with Gasteiger partial charge in [0, 0.05) is 55.5 Å². The number of anilines is 1. The summed E-state index contributed by atoms with van der Waals surface area (Å²) >= 11 is 12.1. The van der Waals surface area contributed by atoms with Gasteiger partial charge in [-0.1, -0.05) is 23.2 Å². The molecule has 2 aromatic rings. The minimum absolute atomic E-state index is 0.0482. The van der Waals surface area contributed by atoms with E-state index in [0.29, 0.717) is 23.8 Å². The highest BCUT2D eigenvalue weighted by molar-refractivity contribution is 6.31. The van der Waals surface area contributed by atoms with Crippen LogP contribution in [0.25, 0.3) is 0 Å². The molecule has 38 heavy (non-hydrogen) atoms. The number of nitrogens with zero attached hydrogens (tertiary/aromatic N) is 2. The number of ether oxygens (including phenoxy) is 1. The predicted octanol–water partition coefficient (Wildman–Crippen LogP) is 4.34. The predicted molar refractivity (Wildman–Crippen MR) is 133 cm³/mol. The van der Waals surface area contributed by atoms with Crippen molar-refractivity contribution in [1.82, 2.24) is 4.90 Å². The molecule has 0 radical (unpaired) electrons. The largest absolute Gasteiger partial charge is 0.490 e. The number of rotatable bonds is 3. The normalized spacial score (nSPS) is 22.4. The lowest BCUT2D eigenvalue weighted by atomic mass is 9.86. The zero-order valence-corrected chi connectivity index (χ0v) is 21.4. The minimum Gasteiger partial charge on any atom is -0.487 e. The standard InChI is InChI=1S/C23H24Cl2N2O4.C2HF3O2/c24-15-2-4-21-14(9-15)11-23(31-21)5-7-26(8-6-23)19-12-27(13-20(19)28)18-3-1-16(25)10-17(18)22(29)30;3-2(4,5)1(6)7/h1-4,9-10,19-20,28H,5-8,11-13H2,(H,29,30);(H,6,7)/t19?,20-;/m1./s1. The zero-order chi connectivity index (χ0) is 27.8. The van der Waals surface area contributed by atoms with Crippen molar-refractivity contribution >= 4 is 40.8 Å². The molecule has 5 rings (SSSR count). The van der Waals surface area contributed by atoms with Crippen molar-refractivity contribution in [1.29, 1.82) is 0 Å². The third-order valence-corrected chi connectivity index (χ3v) is 7.54. The first-order valence-electron chi connectivity index (χ1n) is 11.8. The Balaban J connectivity index is 0.000000426. The van der Waals surface area contributed by atoms with Gasteiger partial charge in [0.1, 0.15) is 11.4 Å². The number of carbonyl (C=O) groups is 2. The number of benzene rings is 2. The molecule has 1 unspecified atom stereocenters. The van der Waals surface area contributed by atoms with E-state index >= 15 is 0 Å². The monoisotopic (exact) mass is 576 g/mol. The number of hydrogen-bond donors (Lipinski definition) is 3. The number of likely N-dealkylation sites (tertiary alicyclic amines) is 1. The number of hydrogen-bond acceptors (Lipinski definition) is 6. The number of aliphatic hydroxyl groups is 1. The summed E-state index contributed by atoms with van der Waals surface area (Å²) in [7, 11) is 0. The Morgan fingerprint density at radius 1 is 1.00 bits per heavy atom. The Kier molecular flexibility index (Phi) is 8.04. The van der Waals surface area contributed by atoms with E-state index in [9.17, 15) is 28.2 Å². The summed E-state index contributed by atoms with van der Waals surface area (Å²) in [6.45, 7) is 2.62. The van der Waals surface area contributed by atoms with Crippen LogP contribution in [0, 0.1) is 0 Å². The number of carboxylic acid groups (broad SMARTS) is 2. The molecule has 3 N–H and O–H groups in total. The van der Waals surface area contributed by atoms with Crippen LogP contribution in [0.1, 0.15) is 28.8 Å². The molecule has 8 nitrogen and oxygen atoms in total. The van der Waals surface area contributed by atoms with Crippen LogP contribution in [0.5, 0.6) is 5.75 Å². The van der Waals surface area contributed by atoms with Crippen molar-refractivity contribution in [2.75, 3.05) is 31.1 Å². The van der Waals surface area contributed by atoms with Crippen LogP contribution in [0.15, 0.2) is 36.4 Å². The quantitative estimate of drug-likeness (QED) is 0.495. The molecule has 2 fully saturated rings. The highest BCUT2D eigenvalue weighted by Gasteiger charge is 2.45. The molecule has 0 bridgehead atoms. The number of β-amino-alcohol motifs (C(OH)–C–C–N with tert-alkyl or cyclic N) is 1. The van der Waals surface area contributed by atoms with Crippen LogP contribution in [-0.4, -0.2) is 82.3 Å². The highest BCUT2D eigenvalue weighted by atomic mass is 35.5. The van der Waals surface area contributed by atoms with E-state index in [0.717, 1.165) is 48.7 Å². The minimum atomic E-state index is -5.08. The smallest absolute Gasteiger partial charge is 0.487 e. The summed E-state index contributed by atoms with van der Waals surface area (Å²) in [6.07, 6.45) is -3.01. The van der Waals surface area contributed by atoms with Crippen molar-refractivity contribution in [3.05, 3.63) is 57.6 Å². The lowest BCUT2D eigenvalue weighted by molar-refractivity contribution is -0.192. The first kappa shape index (κ1) is 28.3. The fraction of sp³-hybridized carbons (Fsp3) is 0.440. The Hall–Kier alpha value is -2.73. The number of piperidine rings is 1. The topological polar surface area (TPSA) is 111 Å². The molecule has 2 aromatic carbocycles. The number of halogens is 5. The first-order valence-corrected chi connectivity index (χ1v) is 12.5. The van der Waals surface area contributed by atoms with Crippen molar-refractivity contribution in [2.24, 2.45) is 0 Å². The maximum atomic E-state index is 11.7. The average Bonchev–Trinajstić information content (AvgIpc) is 3.39. The lowest BCUT2D eigenvalue weighted by Crippen LogP contribution is -2.53. The van der Waals surface area contributed by atoms with Gasteiger partial charge in [0.2, 0.25) is 0 Å². The average molecular weight is 577 g/mol. The van der Waals surface area contributed by atoms with Gasteiger partial charge in [-0.2, -0.15) is 13.2 Å². The summed E-state index contributed by atoms with van der Waals surface area (Å²) < 4.78 is 38.1. The number of carboxylic acids is 2. The van der Waals surface area contributed by atoms with Gasteiger partial charge in [0.15, 0.2) is 0 Å². The molecular weight excluding hydrogens is 552 g/mol. The van der Waals surface area contributed by atoms with Gasteiger partial charge in [0.05, 0.1) is 23.4 Å². The third kappa shape index (κ3) is 6.12. The van der Waals surface area contributed by atoms with Gasteiger partial charge in [-0.3, -0.25) is 4.90 Å². The second-order valence-corrected chi connectivity index (χ2v) is 10.4. The van der Waals surface area contributed by atoms with Gasteiger partial charge in [-0.15, -0.1) is 0 Å². The van der Waals surface area contributed by atoms with Gasteiger partial charge in [-0.25, -0.2) is 9.59 Å². The molecule has 13 heteroatoms. The number of alkyl halides is 3. The molecule has 0 aliphatic carbocycles. The SMILES string of the molecule is O=C(O)C(F)(F)F.O=C(O)c1cc(Cl)ccc1N1CC(N2CCC3(CC2)Cc2cc(Cl)ccc2O3)[C@H](O)C1. The van der Waals surface area contributed by atoms with E-state index in [1.54, 1.807) is 12.1 Å². The van der Waals surface area contributed by atoms with Crippen molar-refractivity contribution in [3.8, 4) is 5.75 Å². The second-order valence-electron chi connectivity index (χ2n) is 9.56. The van der Waals surface area contributed by atoms with E-state index in [2.05, 4.69) is 4.90 Å². The number of aromatic carboxylic acids is 1. The fourth-order valence-corrected chi connectivity index (χ4v) is 5.59. The molecule has 0 saturated carbocycles. The summed E-state index contributed by atoms with van der Waals surface area (Å²) in [5.74, 6) is -2.85. The van der Waals surface area contributed by atoms with E-state index in [1.807, 2.05) is 23.1 Å². The van der Waals surface area contributed by atoms with Gasteiger partial charge >= 0.3 is 18.1 Å². The van der Waals surface area contributed by atoms with E-state index in [-0.39, 0.29) is 17.2 Å². The number of aliphatic carboxylic acids is 1. The maximum Gasteiger partial charge on any atom is 0.490 e. The molecule has 0 amide bonds. The van der Waals surface area contributed by atoms with Crippen LogP contribution in [0.2, 0.25) is 10.0 Å². The molecule has 0 aromatic heterocycles. The fourth-order valence-electron chi connectivity index (χ4n) is 5.22.